The molecule has 1 amide bonds. The Labute approximate surface area is 120 Å². The van der Waals surface area contributed by atoms with Crippen LogP contribution in [0, 0.1) is 6.92 Å². The molecular formula is C12H17N5O2S. The molecule has 0 radical (unpaired) electrons. The van der Waals surface area contributed by atoms with Gasteiger partial charge in [-0.05, 0) is 13.0 Å². The van der Waals surface area contributed by atoms with Crippen LogP contribution >= 0.6 is 11.3 Å². The molecule has 2 aromatic heterocycles. The Morgan fingerprint density at radius 1 is 1.55 bits per heavy atom. The highest BCUT2D eigenvalue weighted by Crippen LogP contribution is 2.29. The van der Waals surface area contributed by atoms with E-state index in [0.29, 0.717) is 35.2 Å². The fourth-order valence-electron chi connectivity index (χ4n) is 1.60. The Kier molecular flexibility index (Phi) is 4.23. The summed E-state index contributed by atoms with van der Waals surface area (Å²) < 4.78 is 5.02. The quantitative estimate of drug-likeness (QED) is 0.865. The van der Waals surface area contributed by atoms with Gasteiger partial charge in [-0.2, -0.15) is 4.98 Å². The number of aromatic nitrogens is 2. The SMILES string of the molecule is Cc1noc(CCNc2cc(N)c(C(=O)N(C)C)s2)n1. The molecule has 0 aliphatic rings. The molecule has 2 aromatic rings. The maximum absolute atomic E-state index is 11.9. The van der Waals surface area contributed by atoms with E-state index in [1.54, 1.807) is 27.1 Å². The second-order valence-corrected chi connectivity index (χ2v) is 5.56. The van der Waals surface area contributed by atoms with Crippen molar-refractivity contribution in [1.82, 2.24) is 15.0 Å². The van der Waals surface area contributed by atoms with Crippen LogP contribution < -0.4 is 11.1 Å². The molecule has 0 saturated heterocycles. The van der Waals surface area contributed by atoms with Gasteiger partial charge in [0.25, 0.3) is 5.91 Å². The predicted molar refractivity (Wildman–Crippen MR) is 78.0 cm³/mol. The van der Waals surface area contributed by atoms with Gasteiger partial charge in [-0.1, -0.05) is 5.16 Å². The van der Waals surface area contributed by atoms with Crippen LogP contribution in [-0.2, 0) is 6.42 Å². The van der Waals surface area contributed by atoms with Crippen LogP contribution in [0.1, 0.15) is 21.4 Å². The minimum atomic E-state index is -0.0897. The van der Waals surface area contributed by atoms with E-state index >= 15 is 0 Å². The summed E-state index contributed by atoms with van der Waals surface area (Å²) in [6.45, 7) is 2.41. The third-order valence-electron chi connectivity index (χ3n) is 2.57. The van der Waals surface area contributed by atoms with Crippen molar-refractivity contribution in [3.05, 3.63) is 22.7 Å². The van der Waals surface area contributed by atoms with E-state index in [1.807, 2.05) is 0 Å². The van der Waals surface area contributed by atoms with E-state index in [1.165, 1.54) is 16.2 Å². The van der Waals surface area contributed by atoms with Crippen molar-refractivity contribution in [3.63, 3.8) is 0 Å². The summed E-state index contributed by atoms with van der Waals surface area (Å²) in [5.41, 5.74) is 6.34. The standard InChI is InChI=1S/C12H17N5O2S/c1-7-15-9(19-16-7)4-5-14-10-6-8(13)11(20-10)12(18)17(2)3/h6,14H,4-5,13H2,1-3H3. The summed E-state index contributed by atoms with van der Waals surface area (Å²) in [5, 5.41) is 7.77. The number of nitrogens with two attached hydrogens (primary N) is 1. The van der Waals surface area contributed by atoms with E-state index in [4.69, 9.17) is 10.3 Å². The van der Waals surface area contributed by atoms with E-state index in [0.717, 1.165) is 5.00 Å². The highest BCUT2D eigenvalue weighted by Gasteiger charge is 2.16. The molecule has 2 heterocycles. The molecule has 0 bridgehead atoms. The van der Waals surface area contributed by atoms with Crippen molar-refractivity contribution < 1.29 is 9.32 Å². The minimum absolute atomic E-state index is 0.0897. The van der Waals surface area contributed by atoms with Crippen LogP contribution in [0.3, 0.4) is 0 Å². The van der Waals surface area contributed by atoms with Crippen molar-refractivity contribution in [1.29, 1.82) is 0 Å². The Bertz CT molecular complexity index is 605. The van der Waals surface area contributed by atoms with Crippen LogP contribution in [0.2, 0.25) is 0 Å². The lowest BCUT2D eigenvalue weighted by molar-refractivity contribution is 0.0833. The zero-order valence-corrected chi connectivity index (χ0v) is 12.5. The van der Waals surface area contributed by atoms with E-state index in [9.17, 15) is 4.79 Å². The number of aryl methyl sites for hydroxylation is 1. The van der Waals surface area contributed by atoms with Crippen molar-refractivity contribution >= 4 is 27.9 Å². The smallest absolute Gasteiger partial charge is 0.265 e. The number of nitrogens with one attached hydrogen (secondary N) is 1. The average Bonchev–Trinajstić information content (AvgIpc) is 2.95. The van der Waals surface area contributed by atoms with Gasteiger partial charge in [-0.25, -0.2) is 0 Å². The molecule has 0 aliphatic heterocycles. The first kappa shape index (κ1) is 14.3. The molecule has 7 nitrogen and oxygen atoms in total. The van der Waals surface area contributed by atoms with Crippen LogP contribution in [0.25, 0.3) is 0 Å². The summed E-state index contributed by atoms with van der Waals surface area (Å²) in [6.07, 6.45) is 0.621. The molecule has 0 saturated carbocycles. The molecular weight excluding hydrogens is 278 g/mol. The molecule has 0 atom stereocenters. The van der Waals surface area contributed by atoms with Crippen LogP contribution in [0.15, 0.2) is 10.6 Å². The highest BCUT2D eigenvalue weighted by atomic mass is 32.1. The number of anilines is 2. The molecule has 0 aromatic carbocycles. The maximum atomic E-state index is 11.9. The summed E-state index contributed by atoms with van der Waals surface area (Å²) in [5.74, 6) is 1.12. The molecule has 3 N–H and O–H groups in total. The van der Waals surface area contributed by atoms with Crippen LogP contribution in [0.5, 0.6) is 0 Å². The Hall–Kier alpha value is -2.09. The lowest BCUT2D eigenvalue weighted by Crippen LogP contribution is -2.21. The first-order valence-corrected chi connectivity index (χ1v) is 6.93. The number of amides is 1. The number of rotatable bonds is 5. The van der Waals surface area contributed by atoms with Gasteiger partial charge in [0.2, 0.25) is 5.89 Å². The molecule has 2 rings (SSSR count). The number of thiophene rings is 1. The monoisotopic (exact) mass is 295 g/mol. The van der Waals surface area contributed by atoms with Gasteiger partial charge in [0, 0.05) is 27.1 Å². The predicted octanol–water partition coefficient (Wildman–Crippen LogP) is 1.38. The fraction of sp³-hybridized carbons (Fsp3) is 0.417. The Morgan fingerprint density at radius 3 is 2.90 bits per heavy atom. The zero-order chi connectivity index (χ0) is 14.7. The molecule has 20 heavy (non-hydrogen) atoms. The second kappa shape index (κ2) is 5.91. The Balaban J connectivity index is 1.94. The third kappa shape index (κ3) is 3.27. The number of carbonyl (C=O) groups is 1. The fourth-order valence-corrected chi connectivity index (χ4v) is 2.62. The molecule has 0 unspecified atom stereocenters. The van der Waals surface area contributed by atoms with Crippen LogP contribution in [0.4, 0.5) is 10.7 Å². The summed E-state index contributed by atoms with van der Waals surface area (Å²) in [4.78, 5) is 18.0. The van der Waals surface area contributed by atoms with Gasteiger partial charge in [0.1, 0.15) is 4.88 Å². The van der Waals surface area contributed by atoms with Crippen molar-refractivity contribution in [2.24, 2.45) is 0 Å². The molecule has 0 aliphatic carbocycles. The summed E-state index contributed by atoms with van der Waals surface area (Å²) in [6, 6.07) is 1.76. The largest absolute Gasteiger partial charge is 0.397 e. The normalized spacial score (nSPS) is 10.6. The molecule has 8 heteroatoms. The van der Waals surface area contributed by atoms with Crippen LogP contribution in [-0.4, -0.2) is 41.6 Å². The van der Waals surface area contributed by atoms with E-state index in [-0.39, 0.29) is 5.91 Å². The van der Waals surface area contributed by atoms with E-state index < -0.39 is 0 Å². The first-order valence-electron chi connectivity index (χ1n) is 6.11. The molecule has 0 fully saturated rings. The summed E-state index contributed by atoms with van der Waals surface area (Å²) >= 11 is 1.34. The summed E-state index contributed by atoms with van der Waals surface area (Å²) in [7, 11) is 3.40. The number of hydrogen-bond acceptors (Lipinski definition) is 7. The lowest BCUT2D eigenvalue weighted by Gasteiger charge is -2.08. The average molecular weight is 295 g/mol. The highest BCUT2D eigenvalue weighted by molar-refractivity contribution is 7.18. The minimum Gasteiger partial charge on any atom is -0.397 e. The number of hydrogen-bond donors (Lipinski definition) is 2. The van der Waals surface area contributed by atoms with Crippen molar-refractivity contribution in [3.8, 4) is 0 Å². The third-order valence-corrected chi connectivity index (χ3v) is 3.67. The second-order valence-electron chi connectivity index (χ2n) is 4.51. The van der Waals surface area contributed by atoms with Gasteiger partial charge in [0.05, 0.1) is 10.7 Å². The van der Waals surface area contributed by atoms with Crippen molar-refractivity contribution in [2.45, 2.75) is 13.3 Å². The lowest BCUT2D eigenvalue weighted by atomic mass is 10.3. The number of carbonyl (C=O) groups excluding carboxylic acids is 1. The van der Waals surface area contributed by atoms with Gasteiger partial charge in [-0.15, -0.1) is 11.3 Å². The van der Waals surface area contributed by atoms with Crippen molar-refractivity contribution in [2.75, 3.05) is 31.7 Å². The number of nitrogen functional groups attached to an aromatic ring is 1. The van der Waals surface area contributed by atoms with Gasteiger partial charge < -0.3 is 20.5 Å². The zero-order valence-electron chi connectivity index (χ0n) is 11.6. The van der Waals surface area contributed by atoms with Gasteiger partial charge in [0.15, 0.2) is 5.82 Å². The topological polar surface area (TPSA) is 97.3 Å². The van der Waals surface area contributed by atoms with E-state index in [2.05, 4.69) is 15.5 Å². The van der Waals surface area contributed by atoms with Gasteiger partial charge in [-0.3, -0.25) is 4.79 Å². The number of nitrogens with zero attached hydrogens (tertiary/aromatic N) is 3. The van der Waals surface area contributed by atoms with Gasteiger partial charge >= 0.3 is 0 Å². The molecule has 108 valence electrons. The maximum Gasteiger partial charge on any atom is 0.265 e. The Morgan fingerprint density at radius 2 is 2.30 bits per heavy atom. The molecule has 0 spiro atoms. The first-order chi connectivity index (χ1) is 9.47.